The summed E-state index contributed by atoms with van der Waals surface area (Å²) in [5.41, 5.74) is 4.14. The van der Waals surface area contributed by atoms with Gasteiger partial charge in [-0.3, -0.25) is 4.99 Å². The average Bonchev–Trinajstić information content (AvgIpc) is 3.27. The summed E-state index contributed by atoms with van der Waals surface area (Å²) in [4.78, 5) is 11.0. The number of oxazole rings is 1. The SMILES string of the molecule is CN=C(NCc1ccc(OCCCN(C)C)cc1)NCc1coc(-c2ccc(C)cc2)n1. The Labute approximate surface area is 190 Å². The average molecular weight is 436 g/mol. The van der Waals surface area contributed by atoms with Crippen LogP contribution in [0.4, 0.5) is 0 Å². The fourth-order valence-corrected chi connectivity index (χ4v) is 3.07. The third-order valence-electron chi connectivity index (χ3n) is 4.91. The van der Waals surface area contributed by atoms with Crippen molar-refractivity contribution in [3.8, 4) is 17.2 Å². The Balaban J connectivity index is 1.43. The summed E-state index contributed by atoms with van der Waals surface area (Å²) in [6, 6.07) is 16.3. The molecule has 0 aliphatic carbocycles. The summed E-state index contributed by atoms with van der Waals surface area (Å²) >= 11 is 0. The van der Waals surface area contributed by atoms with Gasteiger partial charge in [0.2, 0.25) is 5.89 Å². The summed E-state index contributed by atoms with van der Waals surface area (Å²) in [6.45, 7) is 4.99. The van der Waals surface area contributed by atoms with E-state index in [0.29, 0.717) is 24.9 Å². The van der Waals surface area contributed by atoms with Gasteiger partial charge in [0.25, 0.3) is 0 Å². The van der Waals surface area contributed by atoms with Gasteiger partial charge in [-0.25, -0.2) is 4.98 Å². The van der Waals surface area contributed by atoms with Crippen LogP contribution in [0, 0.1) is 6.92 Å². The molecule has 0 bridgehead atoms. The second kappa shape index (κ2) is 11.9. The first-order valence-electron chi connectivity index (χ1n) is 10.9. The van der Waals surface area contributed by atoms with E-state index in [-0.39, 0.29) is 0 Å². The number of ether oxygens (including phenoxy) is 1. The van der Waals surface area contributed by atoms with Crippen LogP contribution in [0.3, 0.4) is 0 Å². The lowest BCUT2D eigenvalue weighted by Crippen LogP contribution is -2.36. The van der Waals surface area contributed by atoms with E-state index in [1.165, 1.54) is 5.56 Å². The second-order valence-electron chi connectivity index (χ2n) is 7.94. The van der Waals surface area contributed by atoms with E-state index >= 15 is 0 Å². The highest BCUT2D eigenvalue weighted by Crippen LogP contribution is 2.19. The van der Waals surface area contributed by atoms with Gasteiger partial charge in [-0.05, 0) is 57.3 Å². The fourth-order valence-electron chi connectivity index (χ4n) is 3.07. The normalized spacial score (nSPS) is 11.6. The number of rotatable bonds is 10. The molecule has 0 saturated carbocycles. The van der Waals surface area contributed by atoms with Crippen LogP contribution in [0.5, 0.6) is 5.75 Å². The molecule has 1 aromatic heterocycles. The maximum absolute atomic E-state index is 5.79. The minimum absolute atomic E-state index is 0.523. The van der Waals surface area contributed by atoms with Crippen molar-refractivity contribution in [1.82, 2.24) is 20.5 Å². The largest absolute Gasteiger partial charge is 0.494 e. The van der Waals surface area contributed by atoms with Crippen molar-refractivity contribution in [2.45, 2.75) is 26.4 Å². The summed E-state index contributed by atoms with van der Waals surface area (Å²) in [7, 11) is 5.89. The minimum Gasteiger partial charge on any atom is -0.494 e. The maximum Gasteiger partial charge on any atom is 0.226 e. The zero-order chi connectivity index (χ0) is 22.8. The molecule has 0 saturated heterocycles. The van der Waals surface area contributed by atoms with Crippen LogP contribution < -0.4 is 15.4 Å². The van der Waals surface area contributed by atoms with Crippen LogP contribution in [0.15, 0.2) is 64.2 Å². The highest BCUT2D eigenvalue weighted by Gasteiger charge is 2.07. The fraction of sp³-hybridized carbons (Fsp3) is 0.360. The predicted molar refractivity (Wildman–Crippen MR) is 129 cm³/mol. The van der Waals surface area contributed by atoms with Gasteiger partial charge in [0.15, 0.2) is 5.96 Å². The van der Waals surface area contributed by atoms with Gasteiger partial charge in [0.05, 0.1) is 18.8 Å². The first-order valence-corrected chi connectivity index (χ1v) is 10.9. The Kier molecular flexibility index (Phi) is 8.69. The van der Waals surface area contributed by atoms with Gasteiger partial charge in [-0.15, -0.1) is 0 Å². The van der Waals surface area contributed by atoms with Gasteiger partial charge >= 0.3 is 0 Å². The minimum atomic E-state index is 0.523. The summed E-state index contributed by atoms with van der Waals surface area (Å²) in [5.74, 6) is 2.22. The molecule has 170 valence electrons. The number of aliphatic imine (C=N–C) groups is 1. The van der Waals surface area contributed by atoms with Crippen LogP contribution in [-0.2, 0) is 13.1 Å². The number of nitrogens with one attached hydrogen (secondary N) is 2. The Morgan fingerprint density at radius 3 is 2.44 bits per heavy atom. The number of hydrogen-bond acceptors (Lipinski definition) is 5. The standard InChI is InChI=1S/C25H33N5O2/c1-19-6-10-21(11-7-19)24-29-22(18-32-24)17-28-25(26-2)27-16-20-8-12-23(13-9-20)31-15-5-14-30(3)4/h6-13,18H,5,14-17H2,1-4H3,(H2,26,27,28). The molecular weight excluding hydrogens is 402 g/mol. The summed E-state index contributed by atoms with van der Waals surface area (Å²) < 4.78 is 11.4. The molecule has 0 fully saturated rings. The van der Waals surface area contributed by atoms with Crippen molar-refractivity contribution in [1.29, 1.82) is 0 Å². The molecule has 2 N–H and O–H groups in total. The zero-order valence-electron chi connectivity index (χ0n) is 19.4. The highest BCUT2D eigenvalue weighted by molar-refractivity contribution is 5.79. The molecule has 3 rings (SSSR count). The predicted octanol–water partition coefficient (Wildman–Crippen LogP) is 3.85. The molecule has 1 heterocycles. The smallest absolute Gasteiger partial charge is 0.226 e. The van der Waals surface area contributed by atoms with E-state index in [2.05, 4.69) is 58.7 Å². The molecule has 0 radical (unpaired) electrons. The van der Waals surface area contributed by atoms with Crippen molar-refractivity contribution >= 4 is 5.96 Å². The first-order chi connectivity index (χ1) is 15.5. The van der Waals surface area contributed by atoms with Gasteiger partial charge in [0, 0.05) is 25.7 Å². The molecule has 7 nitrogen and oxygen atoms in total. The molecule has 7 heteroatoms. The number of nitrogens with zero attached hydrogens (tertiary/aromatic N) is 3. The van der Waals surface area contributed by atoms with E-state index in [1.807, 2.05) is 36.4 Å². The van der Waals surface area contributed by atoms with Gasteiger partial charge in [0.1, 0.15) is 12.0 Å². The first kappa shape index (κ1) is 23.3. The molecule has 0 aliphatic heterocycles. The van der Waals surface area contributed by atoms with Gasteiger partial charge < -0.3 is 24.7 Å². The van der Waals surface area contributed by atoms with E-state index in [9.17, 15) is 0 Å². The molecular formula is C25H33N5O2. The Morgan fingerprint density at radius 2 is 1.75 bits per heavy atom. The van der Waals surface area contributed by atoms with Crippen molar-refractivity contribution in [2.75, 3.05) is 34.3 Å². The lowest BCUT2D eigenvalue weighted by Gasteiger charge is -2.12. The van der Waals surface area contributed by atoms with Crippen molar-refractivity contribution in [2.24, 2.45) is 4.99 Å². The van der Waals surface area contributed by atoms with Crippen molar-refractivity contribution in [3.05, 3.63) is 71.6 Å². The Bertz CT molecular complexity index is 978. The molecule has 0 aliphatic rings. The summed E-state index contributed by atoms with van der Waals surface area (Å²) in [5, 5.41) is 6.59. The summed E-state index contributed by atoms with van der Waals surface area (Å²) in [6.07, 6.45) is 2.68. The van der Waals surface area contributed by atoms with E-state index in [0.717, 1.165) is 42.1 Å². The quantitative estimate of drug-likeness (QED) is 0.286. The molecule has 2 aromatic carbocycles. The van der Waals surface area contributed by atoms with Crippen LogP contribution in [0.1, 0.15) is 23.2 Å². The highest BCUT2D eigenvalue weighted by atomic mass is 16.5. The number of guanidine groups is 1. The molecule has 0 amide bonds. The monoisotopic (exact) mass is 435 g/mol. The van der Waals surface area contributed by atoms with Crippen LogP contribution in [0.2, 0.25) is 0 Å². The van der Waals surface area contributed by atoms with Crippen LogP contribution >= 0.6 is 0 Å². The topological polar surface area (TPSA) is 74.9 Å². The lowest BCUT2D eigenvalue weighted by molar-refractivity contribution is 0.281. The molecule has 3 aromatic rings. The molecule has 32 heavy (non-hydrogen) atoms. The molecule has 0 atom stereocenters. The third-order valence-corrected chi connectivity index (χ3v) is 4.91. The van der Waals surface area contributed by atoms with E-state index in [1.54, 1.807) is 13.3 Å². The van der Waals surface area contributed by atoms with Crippen molar-refractivity contribution < 1.29 is 9.15 Å². The lowest BCUT2D eigenvalue weighted by atomic mass is 10.1. The van der Waals surface area contributed by atoms with Crippen LogP contribution in [-0.4, -0.2) is 50.1 Å². The Hall–Kier alpha value is -3.32. The van der Waals surface area contributed by atoms with Crippen LogP contribution in [0.25, 0.3) is 11.5 Å². The number of benzene rings is 2. The van der Waals surface area contributed by atoms with Crippen molar-refractivity contribution in [3.63, 3.8) is 0 Å². The van der Waals surface area contributed by atoms with Gasteiger partial charge in [-0.2, -0.15) is 0 Å². The van der Waals surface area contributed by atoms with Gasteiger partial charge in [-0.1, -0.05) is 29.8 Å². The van der Waals surface area contributed by atoms with E-state index < -0.39 is 0 Å². The number of aromatic nitrogens is 1. The molecule has 0 unspecified atom stereocenters. The number of hydrogen-bond donors (Lipinski definition) is 2. The second-order valence-corrected chi connectivity index (χ2v) is 7.94. The molecule has 0 spiro atoms. The number of aryl methyl sites for hydroxylation is 1. The maximum atomic E-state index is 5.79. The van der Waals surface area contributed by atoms with E-state index in [4.69, 9.17) is 9.15 Å². The zero-order valence-corrected chi connectivity index (χ0v) is 19.4. The third kappa shape index (κ3) is 7.42. The Morgan fingerprint density at radius 1 is 1.03 bits per heavy atom.